The van der Waals surface area contributed by atoms with Gasteiger partial charge in [0.15, 0.2) is 0 Å². The molecule has 3 rings (SSSR count). The van der Waals surface area contributed by atoms with Crippen LogP contribution < -0.4 is 16.0 Å². The number of halogens is 1. The summed E-state index contributed by atoms with van der Waals surface area (Å²) in [5.74, 6) is -0.503. The summed E-state index contributed by atoms with van der Waals surface area (Å²) in [5.41, 5.74) is 2.74. The number of benzene rings is 2. The van der Waals surface area contributed by atoms with Gasteiger partial charge in [0.25, 0.3) is 0 Å². The van der Waals surface area contributed by atoms with E-state index in [1.165, 1.54) is 7.11 Å². The highest BCUT2D eigenvalue weighted by atomic mass is 35.5. The third kappa shape index (κ3) is 5.20. The Hall–Kier alpha value is -3.52. The summed E-state index contributed by atoms with van der Waals surface area (Å²) in [7, 11) is 1.31. The van der Waals surface area contributed by atoms with Crippen molar-refractivity contribution in [3.8, 4) is 0 Å². The van der Waals surface area contributed by atoms with Gasteiger partial charge in [0, 0.05) is 28.6 Å². The largest absolute Gasteiger partial charge is 0.466 e. The molecule has 4 amide bonds. The van der Waals surface area contributed by atoms with E-state index in [0.717, 1.165) is 6.42 Å². The van der Waals surface area contributed by atoms with E-state index in [1.54, 1.807) is 60.4 Å². The molecule has 1 aliphatic rings. The third-order valence-electron chi connectivity index (χ3n) is 5.03. The van der Waals surface area contributed by atoms with Crippen molar-refractivity contribution in [2.45, 2.75) is 26.3 Å². The highest BCUT2D eigenvalue weighted by Crippen LogP contribution is 2.32. The highest BCUT2D eigenvalue weighted by molar-refractivity contribution is 6.30. The number of hydrogen-bond acceptors (Lipinski definition) is 4. The molecule has 0 fully saturated rings. The SMILES string of the molecule is CCCN1C(=O)NC(c2ccc(NC(=O)Nc3cccc(Cl)c3)cc2)C(C(=O)OC)=C1C. The predicted octanol–water partition coefficient (Wildman–Crippen LogP) is 4.91. The lowest BCUT2D eigenvalue weighted by atomic mass is 9.94. The van der Waals surface area contributed by atoms with Crippen LogP contribution in [0.5, 0.6) is 0 Å². The van der Waals surface area contributed by atoms with Gasteiger partial charge in [-0.2, -0.15) is 0 Å². The molecule has 0 aromatic heterocycles. The van der Waals surface area contributed by atoms with Crippen LogP contribution in [0.2, 0.25) is 5.02 Å². The molecule has 0 saturated heterocycles. The zero-order valence-electron chi connectivity index (χ0n) is 18.1. The fourth-order valence-corrected chi connectivity index (χ4v) is 3.71. The number of methoxy groups -OCH3 is 1. The van der Waals surface area contributed by atoms with Crippen molar-refractivity contribution in [3.63, 3.8) is 0 Å². The van der Waals surface area contributed by atoms with Crippen molar-refractivity contribution in [3.05, 3.63) is 70.4 Å². The number of allylic oxidation sites excluding steroid dienone is 1. The minimum absolute atomic E-state index is 0.273. The Kier molecular flexibility index (Phi) is 7.37. The van der Waals surface area contributed by atoms with Gasteiger partial charge in [-0.1, -0.05) is 36.7 Å². The number of amides is 4. The van der Waals surface area contributed by atoms with Crippen molar-refractivity contribution in [2.24, 2.45) is 0 Å². The van der Waals surface area contributed by atoms with Gasteiger partial charge in [-0.05, 0) is 49.2 Å². The molecule has 0 aliphatic carbocycles. The number of carbonyl (C=O) groups excluding carboxylic acids is 3. The normalized spacial score (nSPS) is 15.8. The van der Waals surface area contributed by atoms with E-state index in [2.05, 4.69) is 16.0 Å². The maximum atomic E-state index is 12.6. The second-order valence-electron chi connectivity index (χ2n) is 7.24. The van der Waals surface area contributed by atoms with E-state index >= 15 is 0 Å². The molecule has 8 nitrogen and oxygen atoms in total. The average Bonchev–Trinajstić information content (AvgIpc) is 2.76. The maximum absolute atomic E-state index is 12.6. The van der Waals surface area contributed by atoms with E-state index in [4.69, 9.17) is 16.3 Å². The summed E-state index contributed by atoms with van der Waals surface area (Å²) in [6.45, 7) is 4.19. The third-order valence-corrected chi connectivity index (χ3v) is 5.27. The second kappa shape index (κ2) is 10.2. The van der Waals surface area contributed by atoms with Crippen molar-refractivity contribution >= 4 is 41.0 Å². The fourth-order valence-electron chi connectivity index (χ4n) is 3.52. The number of nitrogens with zero attached hydrogens (tertiary/aromatic N) is 1. The number of ether oxygens (including phenoxy) is 1. The highest BCUT2D eigenvalue weighted by Gasteiger charge is 2.35. The van der Waals surface area contributed by atoms with Crippen LogP contribution in [0.3, 0.4) is 0 Å². The van der Waals surface area contributed by atoms with Gasteiger partial charge in [0.1, 0.15) is 0 Å². The molecular weight excluding hydrogens is 432 g/mol. The lowest BCUT2D eigenvalue weighted by Gasteiger charge is -2.35. The Morgan fingerprint density at radius 3 is 2.44 bits per heavy atom. The quantitative estimate of drug-likeness (QED) is 0.538. The molecule has 9 heteroatoms. The Morgan fingerprint density at radius 2 is 1.81 bits per heavy atom. The Labute approximate surface area is 191 Å². The van der Waals surface area contributed by atoms with E-state index in [0.29, 0.717) is 39.8 Å². The zero-order chi connectivity index (χ0) is 23.3. The summed E-state index contributed by atoms with van der Waals surface area (Å²) in [6, 6.07) is 12.3. The van der Waals surface area contributed by atoms with Crippen LogP contribution in [0, 0.1) is 0 Å². The molecule has 0 spiro atoms. The molecule has 2 aromatic rings. The standard InChI is InChI=1S/C23H25ClN4O4/c1-4-12-28-14(2)19(21(29)32-3)20(27-23(28)31)15-8-10-17(11-9-15)25-22(30)26-18-7-5-6-16(24)13-18/h5-11,13,20H,4,12H2,1-3H3,(H,27,31)(H2,25,26,30). The van der Waals surface area contributed by atoms with Crippen LogP contribution in [0.15, 0.2) is 59.8 Å². The Bertz CT molecular complexity index is 1050. The number of esters is 1. The first-order valence-corrected chi connectivity index (χ1v) is 10.5. The first-order valence-electron chi connectivity index (χ1n) is 10.1. The van der Waals surface area contributed by atoms with E-state index in [-0.39, 0.29) is 6.03 Å². The number of hydrogen-bond donors (Lipinski definition) is 3. The molecule has 0 bridgehead atoms. The first kappa shape index (κ1) is 23.1. The van der Waals surface area contributed by atoms with Crippen molar-refractivity contribution in [1.29, 1.82) is 0 Å². The molecule has 3 N–H and O–H groups in total. The van der Waals surface area contributed by atoms with Gasteiger partial charge >= 0.3 is 18.0 Å². The number of anilines is 2. The smallest absolute Gasteiger partial charge is 0.337 e. The van der Waals surface area contributed by atoms with Crippen LogP contribution >= 0.6 is 11.6 Å². The summed E-state index contributed by atoms with van der Waals surface area (Å²) < 4.78 is 4.97. The molecule has 1 unspecified atom stereocenters. The molecule has 1 atom stereocenters. The van der Waals surface area contributed by atoms with Crippen LogP contribution in [0.25, 0.3) is 0 Å². The summed E-state index contributed by atoms with van der Waals surface area (Å²) in [4.78, 5) is 38.9. The van der Waals surface area contributed by atoms with Crippen LogP contribution in [-0.2, 0) is 9.53 Å². The van der Waals surface area contributed by atoms with Crippen molar-refractivity contribution in [2.75, 3.05) is 24.3 Å². The zero-order valence-corrected chi connectivity index (χ0v) is 18.8. The Morgan fingerprint density at radius 1 is 1.12 bits per heavy atom. The molecule has 2 aromatic carbocycles. The van der Waals surface area contributed by atoms with Gasteiger partial charge < -0.3 is 20.7 Å². The summed E-state index contributed by atoms with van der Waals surface area (Å²) in [5, 5.41) is 8.83. The second-order valence-corrected chi connectivity index (χ2v) is 7.67. The topological polar surface area (TPSA) is 99.8 Å². The van der Waals surface area contributed by atoms with Gasteiger partial charge in [-0.25, -0.2) is 14.4 Å². The molecule has 1 aliphatic heterocycles. The minimum atomic E-state index is -0.655. The number of rotatable bonds is 6. The van der Waals surface area contributed by atoms with Gasteiger partial charge in [-0.3, -0.25) is 4.90 Å². The van der Waals surface area contributed by atoms with Crippen LogP contribution in [-0.4, -0.2) is 36.6 Å². The van der Waals surface area contributed by atoms with E-state index in [9.17, 15) is 14.4 Å². The van der Waals surface area contributed by atoms with Gasteiger partial charge in [0.2, 0.25) is 0 Å². The Balaban J connectivity index is 1.78. The van der Waals surface area contributed by atoms with Crippen molar-refractivity contribution < 1.29 is 19.1 Å². The van der Waals surface area contributed by atoms with Gasteiger partial charge in [-0.15, -0.1) is 0 Å². The van der Waals surface area contributed by atoms with Crippen LogP contribution in [0.4, 0.5) is 21.0 Å². The number of nitrogens with one attached hydrogen (secondary N) is 3. The lowest BCUT2D eigenvalue weighted by Crippen LogP contribution is -2.48. The maximum Gasteiger partial charge on any atom is 0.337 e. The molecule has 0 saturated carbocycles. The van der Waals surface area contributed by atoms with E-state index < -0.39 is 18.0 Å². The summed E-state index contributed by atoms with van der Waals surface area (Å²) >= 11 is 5.93. The van der Waals surface area contributed by atoms with Crippen LogP contribution in [0.1, 0.15) is 31.9 Å². The predicted molar refractivity (Wildman–Crippen MR) is 124 cm³/mol. The molecule has 32 heavy (non-hydrogen) atoms. The average molecular weight is 457 g/mol. The van der Waals surface area contributed by atoms with Crippen molar-refractivity contribution in [1.82, 2.24) is 10.2 Å². The molecule has 1 heterocycles. The molecule has 0 radical (unpaired) electrons. The van der Waals surface area contributed by atoms with Gasteiger partial charge in [0.05, 0.1) is 18.7 Å². The summed E-state index contributed by atoms with van der Waals surface area (Å²) in [6.07, 6.45) is 0.751. The van der Waals surface area contributed by atoms with E-state index in [1.807, 2.05) is 6.92 Å². The number of urea groups is 2. The number of carbonyl (C=O) groups is 3. The minimum Gasteiger partial charge on any atom is -0.466 e. The first-order chi connectivity index (χ1) is 15.3. The molecule has 168 valence electrons. The molecular formula is C23H25ClN4O4. The fraction of sp³-hybridized carbons (Fsp3) is 0.261. The lowest BCUT2D eigenvalue weighted by molar-refractivity contribution is -0.136. The monoisotopic (exact) mass is 456 g/mol.